The smallest absolute Gasteiger partial charge is 0.280 e. The summed E-state index contributed by atoms with van der Waals surface area (Å²) in [5.74, 6) is -0.612. The number of oxime groups is 1. The normalized spacial score (nSPS) is 16.5. The lowest BCUT2D eigenvalue weighted by Crippen LogP contribution is -2.25. The maximum Gasteiger partial charge on any atom is 0.280 e. The van der Waals surface area contributed by atoms with Gasteiger partial charge < -0.3 is 20.0 Å². The molecule has 0 spiro atoms. The molecule has 1 aliphatic rings. The van der Waals surface area contributed by atoms with Gasteiger partial charge in [0, 0.05) is 31.9 Å². The van der Waals surface area contributed by atoms with E-state index < -0.39 is 15.7 Å². The number of rotatable bonds is 10. The Labute approximate surface area is 206 Å². The second-order valence-electron chi connectivity index (χ2n) is 7.75. The van der Waals surface area contributed by atoms with Crippen LogP contribution in [0.4, 0.5) is 10.8 Å². The number of nitrogens with one attached hydrogen (secondary N) is 1. The molecule has 0 bridgehead atoms. The Kier molecular flexibility index (Phi) is 7.90. The predicted octanol–water partition coefficient (Wildman–Crippen LogP) is 2.23. The summed E-state index contributed by atoms with van der Waals surface area (Å²) >= 11 is 1.17. The molecule has 2 aromatic heterocycles. The summed E-state index contributed by atoms with van der Waals surface area (Å²) in [5.41, 5.74) is 7.24. The van der Waals surface area contributed by atoms with Gasteiger partial charge in [0.15, 0.2) is 26.8 Å². The van der Waals surface area contributed by atoms with Crippen LogP contribution in [0.15, 0.2) is 46.6 Å². The van der Waals surface area contributed by atoms with Crippen molar-refractivity contribution in [2.45, 2.75) is 23.8 Å². The van der Waals surface area contributed by atoms with Gasteiger partial charge in [0.1, 0.15) is 10.3 Å². The van der Waals surface area contributed by atoms with Gasteiger partial charge in [0.05, 0.1) is 29.5 Å². The first-order chi connectivity index (χ1) is 16.9. The molecule has 1 aliphatic heterocycles. The zero-order valence-corrected chi connectivity index (χ0v) is 20.6. The number of fused-ring (bicyclic) bond motifs is 1. The van der Waals surface area contributed by atoms with Crippen molar-refractivity contribution in [3.8, 4) is 0 Å². The molecule has 1 saturated heterocycles. The molecule has 35 heavy (non-hydrogen) atoms. The highest BCUT2D eigenvalue weighted by atomic mass is 32.2. The zero-order chi connectivity index (χ0) is 24.8. The molecule has 0 saturated carbocycles. The van der Waals surface area contributed by atoms with Gasteiger partial charge in [-0.3, -0.25) is 10.1 Å². The van der Waals surface area contributed by atoms with Gasteiger partial charge in [0.25, 0.3) is 5.91 Å². The van der Waals surface area contributed by atoms with Crippen LogP contribution < -0.4 is 11.1 Å². The molecule has 3 aromatic rings. The molecule has 0 radical (unpaired) electrons. The van der Waals surface area contributed by atoms with Crippen molar-refractivity contribution < 1.29 is 27.5 Å². The molecule has 13 heteroatoms. The second-order valence-corrected chi connectivity index (χ2v) is 10.8. The summed E-state index contributed by atoms with van der Waals surface area (Å²) in [6, 6.07) is 7.56. The van der Waals surface area contributed by atoms with Gasteiger partial charge in [-0.1, -0.05) is 28.6 Å². The number of hydrogen-bond donors (Lipinski definition) is 2. The molecular weight excluding hydrogens is 494 g/mol. The maximum absolute atomic E-state index is 13.2. The van der Waals surface area contributed by atoms with E-state index in [1.807, 2.05) is 0 Å². The summed E-state index contributed by atoms with van der Waals surface area (Å²) in [6.07, 6.45) is 2.33. The van der Waals surface area contributed by atoms with Gasteiger partial charge in [-0.15, -0.1) is 0 Å². The Balaban J connectivity index is 1.57. The quantitative estimate of drug-likeness (QED) is 0.233. The fourth-order valence-electron chi connectivity index (χ4n) is 3.34. The third-order valence-electron chi connectivity index (χ3n) is 5.19. The van der Waals surface area contributed by atoms with E-state index in [1.54, 1.807) is 12.3 Å². The van der Waals surface area contributed by atoms with Crippen LogP contribution in [0, 0.1) is 0 Å². The molecule has 1 fully saturated rings. The fraction of sp³-hybridized carbons (Fsp3) is 0.364. The van der Waals surface area contributed by atoms with Crippen molar-refractivity contribution in [3.05, 3.63) is 42.1 Å². The Morgan fingerprint density at radius 3 is 2.80 bits per heavy atom. The number of hydrogen-bond acceptors (Lipinski definition) is 11. The first-order valence-corrected chi connectivity index (χ1v) is 13.3. The minimum Gasteiger partial charge on any atom is -0.397 e. The van der Waals surface area contributed by atoms with Crippen LogP contribution in [-0.4, -0.2) is 68.8 Å². The lowest BCUT2D eigenvalue weighted by Gasteiger charge is -2.10. The Hall–Kier alpha value is -3.13. The molecule has 0 unspecified atom stereocenters. The number of carbonyl (C=O) groups is 1. The summed E-state index contributed by atoms with van der Waals surface area (Å²) in [6.45, 7) is 1.28. The van der Waals surface area contributed by atoms with Gasteiger partial charge in [-0.2, -0.15) is 0 Å². The van der Waals surface area contributed by atoms with Crippen molar-refractivity contribution in [2.75, 3.05) is 43.7 Å². The van der Waals surface area contributed by atoms with Crippen molar-refractivity contribution in [1.29, 1.82) is 0 Å². The minimum absolute atomic E-state index is 0.0274. The van der Waals surface area contributed by atoms with Crippen LogP contribution in [0.3, 0.4) is 0 Å². The van der Waals surface area contributed by atoms with Crippen molar-refractivity contribution in [3.63, 3.8) is 0 Å². The minimum atomic E-state index is -3.48. The largest absolute Gasteiger partial charge is 0.397 e. The Bertz CT molecular complexity index is 1320. The van der Waals surface area contributed by atoms with E-state index >= 15 is 0 Å². The van der Waals surface area contributed by atoms with E-state index in [2.05, 4.69) is 20.4 Å². The standard InChI is InChI=1S/C22H25N5O6S2/c1-31-10-2-12-35(29,30)16-5-3-14(4-6-16)18(27-33-15-8-11-32-13-15)20(28)26-22-25-19-17(23)7-9-24-21(19)34-22/h3-7,9,15H,2,8,10-13H2,1H3,(H2,23,24)(H,25,26,28)/t15-/m1/s1. The van der Waals surface area contributed by atoms with E-state index in [0.29, 0.717) is 59.4 Å². The molecule has 3 N–H and O–H groups in total. The average Bonchev–Trinajstić information content (AvgIpc) is 3.50. The molecule has 3 heterocycles. The van der Waals surface area contributed by atoms with Crippen molar-refractivity contribution in [1.82, 2.24) is 9.97 Å². The number of nitrogens with two attached hydrogens (primary N) is 1. The number of pyridine rings is 1. The average molecular weight is 520 g/mol. The number of carbonyl (C=O) groups excluding carboxylic acids is 1. The van der Waals surface area contributed by atoms with Crippen LogP contribution in [0.5, 0.6) is 0 Å². The molecule has 1 atom stereocenters. The Morgan fingerprint density at radius 2 is 2.11 bits per heavy atom. The number of methoxy groups -OCH3 is 1. The van der Waals surface area contributed by atoms with Crippen molar-refractivity contribution in [2.24, 2.45) is 5.16 Å². The SMILES string of the molecule is COCCCS(=O)(=O)c1ccc(C(=NO[C@@H]2CCOC2)C(=O)Nc2nc3c(N)ccnc3s2)cc1. The molecule has 1 aromatic carbocycles. The van der Waals surface area contributed by atoms with Crippen LogP contribution in [0.25, 0.3) is 10.3 Å². The summed E-state index contributed by atoms with van der Waals surface area (Å²) in [4.78, 5) is 28.0. The lowest BCUT2D eigenvalue weighted by atomic mass is 10.1. The number of thiazole rings is 1. The molecule has 11 nitrogen and oxygen atoms in total. The molecule has 4 rings (SSSR count). The third-order valence-corrected chi connectivity index (χ3v) is 7.89. The number of aromatic nitrogens is 2. The zero-order valence-electron chi connectivity index (χ0n) is 19.0. The van der Waals surface area contributed by atoms with Crippen LogP contribution >= 0.6 is 11.3 Å². The van der Waals surface area contributed by atoms with E-state index in [0.717, 1.165) is 0 Å². The summed E-state index contributed by atoms with van der Waals surface area (Å²) in [5, 5.41) is 7.10. The highest BCUT2D eigenvalue weighted by Gasteiger charge is 2.22. The number of nitrogens with zero attached hydrogens (tertiary/aromatic N) is 3. The lowest BCUT2D eigenvalue weighted by molar-refractivity contribution is -0.110. The van der Waals surface area contributed by atoms with Crippen molar-refractivity contribution >= 4 is 54.0 Å². The first-order valence-electron chi connectivity index (χ1n) is 10.8. The van der Waals surface area contributed by atoms with E-state index in [9.17, 15) is 13.2 Å². The highest BCUT2D eigenvalue weighted by molar-refractivity contribution is 7.91. The highest BCUT2D eigenvalue weighted by Crippen LogP contribution is 2.27. The van der Waals surface area contributed by atoms with Gasteiger partial charge in [-0.05, 0) is 24.6 Å². The fourth-order valence-corrected chi connectivity index (χ4v) is 5.46. The number of nitrogen functional groups attached to an aromatic ring is 1. The number of benzene rings is 1. The summed E-state index contributed by atoms with van der Waals surface area (Å²) in [7, 11) is -1.96. The topological polar surface area (TPSA) is 155 Å². The van der Waals surface area contributed by atoms with E-state index in [4.69, 9.17) is 20.0 Å². The Morgan fingerprint density at radius 1 is 1.31 bits per heavy atom. The number of amides is 1. The van der Waals surface area contributed by atoms with Crippen LogP contribution in [0.2, 0.25) is 0 Å². The first kappa shape index (κ1) is 25.0. The van der Waals surface area contributed by atoms with Crippen LogP contribution in [-0.2, 0) is 28.9 Å². The summed E-state index contributed by atoms with van der Waals surface area (Å²) < 4.78 is 35.3. The second kappa shape index (κ2) is 11.1. The number of anilines is 2. The monoisotopic (exact) mass is 519 g/mol. The molecular formula is C22H25N5O6S2. The maximum atomic E-state index is 13.2. The predicted molar refractivity (Wildman–Crippen MR) is 132 cm³/mol. The molecule has 0 aliphatic carbocycles. The van der Waals surface area contributed by atoms with Gasteiger partial charge >= 0.3 is 0 Å². The van der Waals surface area contributed by atoms with Crippen LogP contribution in [0.1, 0.15) is 18.4 Å². The third kappa shape index (κ3) is 6.11. The van der Waals surface area contributed by atoms with Gasteiger partial charge in [-0.25, -0.2) is 18.4 Å². The molecule has 1 amide bonds. The van der Waals surface area contributed by atoms with Gasteiger partial charge in [0.2, 0.25) is 0 Å². The van der Waals surface area contributed by atoms with E-state index in [1.165, 1.54) is 42.7 Å². The van der Waals surface area contributed by atoms with E-state index in [-0.39, 0.29) is 22.5 Å². The number of ether oxygens (including phenoxy) is 2. The molecule has 186 valence electrons. The number of sulfone groups is 1.